The molecule has 0 atom stereocenters. The third kappa shape index (κ3) is 4.35. The summed E-state index contributed by atoms with van der Waals surface area (Å²) in [5.74, 6) is 0.918. The molecule has 154 valence electrons. The number of hydrogen-bond donors (Lipinski definition) is 0. The number of fused-ring (bicyclic) bond motifs is 1. The molecule has 0 spiro atoms. The maximum Gasteiger partial charge on any atom is 0.226 e. The highest BCUT2D eigenvalue weighted by atomic mass is 32.2. The Hall–Kier alpha value is -2.26. The van der Waals surface area contributed by atoms with Crippen LogP contribution in [0.3, 0.4) is 0 Å². The fourth-order valence-electron chi connectivity index (χ4n) is 3.66. The lowest BCUT2D eigenvalue weighted by atomic mass is 10.1. The lowest BCUT2D eigenvalue weighted by Gasteiger charge is -2.27. The zero-order valence-corrected chi connectivity index (χ0v) is 18.4. The van der Waals surface area contributed by atoms with Crippen LogP contribution in [-0.2, 0) is 15.6 Å². The van der Waals surface area contributed by atoms with Gasteiger partial charge in [-0.05, 0) is 38.3 Å². The number of aryl methyl sites for hydroxylation is 1. The van der Waals surface area contributed by atoms with Gasteiger partial charge in [0.15, 0.2) is 9.84 Å². The molecule has 29 heavy (non-hydrogen) atoms. The van der Waals surface area contributed by atoms with E-state index in [1.54, 1.807) is 17.5 Å². The Morgan fingerprint density at radius 2 is 1.93 bits per heavy atom. The Kier molecular flexibility index (Phi) is 5.44. The summed E-state index contributed by atoms with van der Waals surface area (Å²) in [6, 6.07) is 3.90. The number of nitrogens with zero attached hydrogens (tertiary/aromatic N) is 4. The first-order valence-corrected chi connectivity index (χ1v) is 12.5. The van der Waals surface area contributed by atoms with Gasteiger partial charge in [-0.2, -0.15) is 0 Å². The standard InChI is InChI=1S/C20H24N4O3S2/c1-13-9-16-18(28-13)17(23-20(22-16)24-7-5-4-6-8-24)14-10-15(12-29(3,25)26)19(27-2)21-11-14/h9-11H,4-8,12H2,1-3H3. The van der Waals surface area contributed by atoms with Crippen LogP contribution >= 0.6 is 11.3 Å². The third-order valence-corrected chi connectivity index (χ3v) is 6.81. The van der Waals surface area contributed by atoms with Crippen LogP contribution in [-0.4, -0.2) is 49.8 Å². The number of aromatic nitrogens is 3. The van der Waals surface area contributed by atoms with Crippen LogP contribution in [0.25, 0.3) is 21.5 Å². The molecule has 0 bridgehead atoms. The first-order chi connectivity index (χ1) is 13.8. The Bertz CT molecular complexity index is 1150. The summed E-state index contributed by atoms with van der Waals surface area (Å²) in [7, 11) is -1.74. The van der Waals surface area contributed by atoms with E-state index in [2.05, 4.69) is 22.9 Å². The molecule has 1 fully saturated rings. The van der Waals surface area contributed by atoms with E-state index in [9.17, 15) is 8.42 Å². The maximum atomic E-state index is 11.9. The summed E-state index contributed by atoms with van der Waals surface area (Å²) >= 11 is 1.64. The second-order valence-electron chi connectivity index (χ2n) is 7.45. The van der Waals surface area contributed by atoms with Gasteiger partial charge in [0, 0.05) is 41.5 Å². The number of rotatable bonds is 5. The van der Waals surface area contributed by atoms with Crippen molar-refractivity contribution >= 4 is 37.3 Å². The van der Waals surface area contributed by atoms with Gasteiger partial charge in [-0.1, -0.05) is 0 Å². The minimum atomic E-state index is -3.23. The van der Waals surface area contributed by atoms with Crippen molar-refractivity contribution in [2.24, 2.45) is 0 Å². The third-order valence-electron chi connectivity index (χ3n) is 4.93. The molecule has 0 N–H and O–H groups in total. The molecule has 4 rings (SSSR count). The van der Waals surface area contributed by atoms with Gasteiger partial charge in [-0.3, -0.25) is 0 Å². The van der Waals surface area contributed by atoms with Crippen molar-refractivity contribution in [1.29, 1.82) is 0 Å². The smallest absolute Gasteiger partial charge is 0.226 e. The van der Waals surface area contributed by atoms with Gasteiger partial charge in [0.2, 0.25) is 11.8 Å². The van der Waals surface area contributed by atoms with E-state index in [0.717, 1.165) is 58.2 Å². The second-order valence-corrected chi connectivity index (χ2v) is 10.9. The topological polar surface area (TPSA) is 85.3 Å². The van der Waals surface area contributed by atoms with Gasteiger partial charge in [-0.15, -0.1) is 11.3 Å². The molecule has 9 heteroatoms. The van der Waals surface area contributed by atoms with Crippen molar-refractivity contribution in [2.45, 2.75) is 31.9 Å². The van der Waals surface area contributed by atoms with Crippen LogP contribution in [0.2, 0.25) is 0 Å². The van der Waals surface area contributed by atoms with Crippen molar-refractivity contribution in [3.8, 4) is 17.1 Å². The SMILES string of the molecule is COc1ncc(-c2nc(N3CCCCC3)nc3cc(C)sc23)cc1CS(C)(=O)=O. The van der Waals surface area contributed by atoms with Crippen molar-refractivity contribution in [3.05, 3.63) is 28.8 Å². The van der Waals surface area contributed by atoms with Gasteiger partial charge < -0.3 is 9.64 Å². The van der Waals surface area contributed by atoms with E-state index in [0.29, 0.717) is 11.4 Å². The van der Waals surface area contributed by atoms with Crippen LogP contribution < -0.4 is 9.64 Å². The molecular weight excluding hydrogens is 408 g/mol. The predicted molar refractivity (Wildman–Crippen MR) is 117 cm³/mol. The quantitative estimate of drug-likeness (QED) is 0.609. The number of pyridine rings is 1. The summed E-state index contributed by atoms with van der Waals surface area (Å²) in [4.78, 5) is 17.4. The molecule has 0 aliphatic carbocycles. The number of sulfone groups is 1. The van der Waals surface area contributed by atoms with Crippen LogP contribution in [0.15, 0.2) is 18.3 Å². The van der Waals surface area contributed by atoms with Gasteiger partial charge in [-0.25, -0.2) is 23.4 Å². The number of hydrogen-bond acceptors (Lipinski definition) is 8. The van der Waals surface area contributed by atoms with E-state index < -0.39 is 9.84 Å². The van der Waals surface area contributed by atoms with Gasteiger partial charge >= 0.3 is 0 Å². The van der Waals surface area contributed by atoms with Gasteiger partial charge in [0.25, 0.3) is 0 Å². The molecule has 7 nitrogen and oxygen atoms in total. The zero-order valence-electron chi connectivity index (χ0n) is 16.8. The van der Waals surface area contributed by atoms with Crippen molar-refractivity contribution < 1.29 is 13.2 Å². The zero-order chi connectivity index (χ0) is 20.6. The van der Waals surface area contributed by atoms with Crippen LogP contribution in [0.1, 0.15) is 29.7 Å². The van der Waals surface area contributed by atoms with Crippen molar-refractivity contribution in [2.75, 3.05) is 31.4 Å². The summed E-state index contributed by atoms with van der Waals surface area (Å²) in [6.07, 6.45) is 6.42. The van der Waals surface area contributed by atoms with E-state index in [1.165, 1.54) is 19.8 Å². The van der Waals surface area contributed by atoms with Crippen LogP contribution in [0.5, 0.6) is 5.88 Å². The lowest BCUT2D eigenvalue weighted by molar-refractivity contribution is 0.394. The van der Waals surface area contributed by atoms with E-state index in [1.807, 2.05) is 6.07 Å². The molecule has 3 aromatic rings. The number of piperidine rings is 1. The molecule has 3 aromatic heterocycles. The molecule has 0 saturated carbocycles. The Labute approximate surface area is 174 Å². The minimum Gasteiger partial charge on any atom is -0.481 e. The summed E-state index contributed by atoms with van der Waals surface area (Å²) in [5.41, 5.74) is 3.01. The molecule has 0 radical (unpaired) electrons. The van der Waals surface area contributed by atoms with Crippen molar-refractivity contribution in [1.82, 2.24) is 15.0 Å². The molecule has 0 unspecified atom stereocenters. The maximum absolute atomic E-state index is 11.9. The highest BCUT2D eigenvalue weighted by molar-refractivity contribution is 7.89. The number of methoxy groups -OCH3 is 1. The summed E-state index contributed by atoms with van der Waals surface area (Å²) in [5, 5.41) is 0. The largest absolute Gasteiger partial charge is 0.481 e. The lowest BCUT2D eigenvalue weighted by Crippen LogP contribution is -2.31. The molecule has 1 aliphatic rings. The summed E-state index contributed by atoms with van der Waals surface area (Å²) < 4.78 is 30.0. The first-order valence-electron chi connectivity index (χ1n) is 9.58. The monoisotopic (exact) mass is 432 g/mol. The Morgan fingerprint density at radius 3 is 2.62 bits per heavy atom. The van der Waals surface area contributed by atoms with E-state index in [4.69, 9.17) is 14.7 Å². The average molecular weight is 433 g/mol. The molecule has 1 aliphatic heterocycles. The Balaban J connectivity index is 1.87. The predicted octanol–water partition coefficient (Wildman–Crippen LogP) is 3.61. The number of ether oxygens (including phenoxy) is 1. The molecular formula is C20H24N4O3S2. The number of thiophene rings is 1. The van der Waals surface area contributed by atoms with Gasteiger partial charge in [0.05, 0.1) is 28.8 Å². The second kappa shape index (κ2) is 7.87. The molecule has 1 saturated heterocycles. The Morgan fingerprint density at radius 1 is 1.17 bits per heavy atom. The van der Waals surface area contributed by atoms with E-state index in [-0.39, 0.29) is 5.75 Å². The van der Waals surface area contributed by atoms with Crippen LogP contribution in [0.4, 0.5) is 5.95 Å². The van der Waals surface area contributed by atoms with Crippen LogP contribution in [0, 0.1) is 6.92 Å². The minimum absolute atomic E-state index is 0.131. The summed E-state index contributed by atoms with van der Waals surface area (Å²) in [6.45, 7) is 3.96. The van der Waals surface area contributed by atoms with Crippen molar-refractivity contribution in [3.63, 3.8) is 0 Å². The molecule has 0 amide bonds. The first kappa shape index (κ1) is 20.0. The highest BCUT2D eigenvalue weighted by Gasteiger charge is 2.20. The normalized spacial score (nSPS) is 15.1. The molecule has 4 heterocycles. The molecule has 0 aromatic carbocycles. The number of anilines is 1. The average Bonchev–Trinajstić information content (AvgIpc) is 3.06. The van der Waals surface area contributed by atoms with Gasteiger partial charge in [0.1, 0.15) is 0 Å². The highest BCUT2D eigenvalue weighted by Crippen LogP contribution is 2.35. The van der Waals surface area contributed by atoms with E-state index >= 15 is 0 Å². The fourth-order valence-corrected chi connectivity index (χ4v) is 5.40. The fraction of sp³-hybridized carbons (Fsp3) is 0.450.